The molecule has 21 heavy (non-hydrogen) atoms. The zero-order valence-electron chi connectivity index (χ0n) is 10.1. The molecule has 10 heteroatoms. The SMILES string of the molecule is NS(=O)(=O)c1ccc(F)c(NC(=O)c2cc(Cl)sc2Cl)c1. The molecule has 0 fully saturated rings. The van der Waals surface area contributed by atoms with Gasteiger partial charge in [-0.1, -0.05) is 23.2 Å². The average molecular weight is 369 g/mol. The van der Waals surface area contributed by atoms with E-state index in [0.717, 1.165) is 29.5 Å². The Morgan fingerprint density at radius 2 is 1.95 bits per heavy atom. The van der Waals surface area contributed by atoms with Crippen LogP contribution in [0.3, 0.4) is 0 Å². The second kappa shape index (κ2) is 5.90. The fourth-order valence-corrected chi connectivity index (χ4v) is 3.46. The molecule has 0 aliphatic rings. The fraction of sp³-hybridized carbons (Fsp3) is 0. The highest BCUT2D eigenvalue weighted by atomic mass is 35.5. The summed E-state index contributed by atoms with van der Waals surface area (Å²) < 4.78 is 36.5. The van der Waals surface area contributed by atoms with Gasteiger partial charge in [0.1, 0.15) is 10.2 Å². The molecule has 0 radical (unpaired) electrons. The summed E-state index contributed by atoms with van der Waals surface area (Å²) in [7, 11) is -4.01. The molecule has 112 valence electrons. The summed E-state index contributed by atoms with van der Waals surface area (Å²) >= 11 is 12.5. The molecule has 1 heterocycles. The highest BCUT2D eigenvalue weighted by Gasteiger charge is 2.17. The number of carbonyl (C=O) groups is 1. The molecule has 0 unspecified atom stereocenters. The zero-order valence-corrected chi connectivity index (χ0v) is 13.2. The van der Waals surface area contributed by atoms with Gasteiger partial charge in [-0.25, -0.2) is 17.9 Å². The van der Waals surface area contributed by atoms with Crippen LogP contribution in [0.4, 0.5) is 10.1 Å². The van der Waals surface area contributed by atoms with Gasteiger partial charge in [0.05, 0.1) is 20.5 Å². The molecular formula is C11H7Cl2FN2O3S2. The topological polar surface area (TPSA) is 89.3 Å². The molecule has 0 bridgehead atoms. The Morgan fingerprint density at radius 3 is 2.48 bits per heavy atom. The molecule has 2 aromatic rings. The minimum absolute atomic E-state index is 0.0621. The van der Waals surface area contributed by atoms with E-state index in [9.17, 15) is 17.6 Å². The van der Waals surface area contributed by atoms with Crippen LogP contribution in [0.5, 0.6) is 0 Å². The number of amides is 1. The number of anilines is 1. The summed E-state index contributed by atoms with van der Waals surface area (Å²) in [6.07, 6.45) is 0. The van der Waals surface area contributed by atoms with Crippen LogP contribution in [0.25, 0.3) is 0 Å². The van der Waals surface area contributed by atoms with Crippen molar-refractivity contribution in [3.05, 3.63) is 44.3 Å². The maximum atomic E-state index is 13.6. The second-order valence-electron chi connectivity index (χ2n) is 3.88. The van der Waals surface area contributed by atoms with Crippen LogP contribution in [-0.2, 0) is 10.0 Å². The monoisotopic (exact) mass is 368 g/mol. The first-order valence-electron chi connectivity index (χ1n) is 5.27. The number of benzene rings is 1. The maximum Gasteiger partial charge on any atom is 0.258 e. The van der Waals surface area contributed by atoms with Gasteiger partial charge in [0.25, 0.3) is 5.91 Å². The van der Waals surface area contributed by atoms with Crippen LogP contribution in [0.15, 0.2) is 29.2 Å². The van der Waals surface area contributed by atoms with Crippen molar-refractivity contribution in [2.45, 2.75) is 4.90 Å². The van der Waals surface area contributed by atoms with Crippen molar-refractivity contribution in [3.8, 4) is 0 Å². The third-order valence-electron chi connectivity index (χ3n) is 2.42. The Labute approximate surface area is 133 Å². The van der Waals surface area contributed by atoms with Crippen molar-refractivity contribution in [3.63, 3.8) is 0 Å². The van der Waals surface area contributed by atoms with Gasteiger partial charge >= 0.3 is 0 Å². The minimum Gasteiger partial charge on any atom is -0.319 e. The van der Waals surface area contributed by atoms with Gasteiger partial charge in [-0.15, -0.1) is 11.3 Å². The van der Waals surface area contributed by atoms with E-state index in [0.29, 0.717) is 4.34 Å². The number of carbonyl (C=O) groups excluding carboxylic acids is 1. The first kappa shape index (κ1) is 16.2. The number of nitrogens with two attached hydrogens (primary N) is 1. The van der Waals surface area contributed by atoms with Crippen molar-refractivity contribution < 1.29 is 17.6 Å². The summed E-state index contributed by atoms with van der Waals surface area (Å²) in [5, 5.41) is 7.17. The minimum atomic E-state index is -4.01. The van der Waals surface area contributed by atoms with Gasteiger partial charge < -0.3 is 5.32 Å². The Balaban J connectivity index is 2.35. The van der Waals surface area contributed by atoms with Crippen LogP contribution in [0.2, 0.25) is 8.67 Å². The summed E-state index contributed by atoms with van der Waals surface area (Å²) in [5.41, 5.74) is -0.267. The highest BCUT2D eigenvalue weighted by Crippen LogP contribution is 2.32. The first-order valence-corrected chi connectivity index (χ1v) is 8.39. The van der Waals surface area contributed by atoms with Crippen molar-refractivity contribution >= 4 is 56.2 Å². The van der Waals surface area contributed by atoms with Crippen molar-refractivity contribution in [2.75, 3.05) is 5.32 Å². The van der Waals surface area contributed by atoms with Crippen LogP contribution in [0, 0.1) is 5.82 Å². The molecule has 3 N–H and O–H groups in total. The highest BCUT2D eigenvalue weighted by molar-refractivity contribution is 7.89. The van der Waals surface area contributed by atoms with E-state index in [-0.39, 0.29) is 20.5 Å². The van der Waals surface area contributed by atoms with Crippen molar-refractivity contribution in [1.29, 1.82) is 0 Å². The van der Waals surface area contributed by atoms with Gasteiger partial charge in [0.15, 0.2) is 0 Å². The number of halogens is 3. The quantitative estimate of drug-likeness (QED) is 0.871. The van der Waals surface area contributed by atoms with Crippen molar-refractivity contribution in [1.82, 2.24) is 0 Å². The van der Waals surface area contributed by atoms with Gasteiger partial charge in [-0.2, -0.15) is 0 Å². The summed E-state index contributed by atoms with van der Waals surface area (Å²) in [4.78, 5) is 11.6. The number of primary sulfonamides is 1. The fourth-order valence-electron chi connectivity index (χ4n) is 1.46. The van der Waals surface area contributed by atoms with Crippen LogP contribution in [0.1, 0.15) is 10.4 Å². The molecule has 2 rings (SSSR count). The molecule has 1 aromatic carbocycles. The van der Waals surface area contributed by atoms with E-state index in [1.54, 1.807) is 0 Å². The summed E-state index contributed by atoms with van der Waals surface area (Å²) in [5.74, 6) is -1.53. The number of thiophene rings is 1. The zero-order chi connectivity index (χ0) is 15.8. The number of hydrogen-bond donors (Lipinski definition) is 2. The van der Waals surface area contributed by atoms with E-state index in [4.69, 9.17) is 28.3 Å². The predicted molar refractivity (Wildman–Crippen MR) is 80.1 cm³/mol. The van der Waals surface area contributed by atoms with Crippen molar-refractivity contribution in [2.24, 2.45) is 5.14 Å². The summed E-state index contributed by atoms with van der Waals surface area (Å²) in [6.45, 7) is 0. The normalized spacial score (nSPS) is 11.4. The molecule has 0 saturated carbocycles. The van der Waals surface area contributed by atoms with Gasteiger partial charge in [-0.05, 0) is 24.3 Å². The standard InChI is InChI=1S/C11H7Cl2FN2O3S2/c12-9-4-6(10(13)20-9)11(17)16-8-3-5(21(15,18)19)1-2-7(8)14/h1-4H,(H,16,17)(H2,15,18,19). The first-order chi connectivity index (χ1) is 9.68. The van der Waals surface area contributed by atoms with E-state index >= 15 is 0 Å². The van der Waals surface area contributed by atoms with E-state index in [1.807, 2.05) is 0 Å². The maximum absolute atomic E-state index is 13.6. The Morgan fingerprint density at radius 1 is 1.29 bits per heavy atom. The second-order valence-corrected chi connectivity index (χ2v) is 7.73. The lowest BCUT2D eigenvalue weighted by molar-refractivity contribution is 0.102. The van der Waals surface area contributed by atoms with Crippen LogP contribution < -0.4 is 10.5 Å². The Hall–Kier alpha value is -1.19. The Bertz CT molecular complexity index is 821. The van der Waals surface area contributed by atoms with Gasteiger partial charge in [0.2, 0.25) is 10.0 Å². The van der Waals surface area contributed by atoms with Gasteiger partial charge in [-0.3, -0.25) is 4.79 Å². The number of hydrogen-bond acceptors (Lipinski definition) is 4. The van der Waals surface area contributed by atoms with Gasteiger partial charge in [0, 0.05) is 0 Å². The molecule has 0 saturated heterocycles. The molecule has 0 spiro atoms. The van der Waals surface area contributed by atoms with E-state index < -0.39 is 21.7 Å². The molecule has 0 atom stereocenters. The third kappa shape index (κ3) is 3.72. The number of sulfonamides is 1. The number of nitrogens with one attached hydrogen (secondary N) is 1. The Kier molecular flexibility index (Phi) is 4.54. The molecule has 1 amide bonds. The molecule has 5 nitrogen and oxygen atoms in total. The smallest absolute Gasteiger partial charge is 0.258 e. The lowest BCUT2D eigenvalue weighted by atomic mass is 10.2. The lowest BCUT2D eigenvalue weighted by Crippen LogP contribution is -2.15. The lowest BCUT2D eigenvalue weighted by Gasteiger charge is -2.07. The average Bonchev–Trinajstić information content (AvgIpc) is 2.70. The van der Waals surface area contributed by atoms with Crippen LogP contribution >= 0.6 is 34.5 Å². The van der Waals surface area contributed by atoms with E-state index in [1.165, 1.54) is 6.07 Å². The molecule has 0 aliphatic carbocycles. The summed E-state index contributed by atoms with van der Waals surface area (Å²) in [6, 6.07) is 4.13. The molecule has 0 aliphatic heterocycles. The molecule has 1 aromatic heterocycles. The predicted octanol–water partition coefficient (Wildman–Crippen LogP) is 3.09. The van der Waals surface area contributed by atoms with Crippen LogP contribution in [-0.4, -0.2) is 14.3 Å². The largest absolute Gasteiger partial charge is 0.319 e. The van der Waals surface area contributed by atoms with E-state index in [2.05, 4.69) is 5.32 Å². The third-order valence-corrected chi connectivity index (χ3v) is 4.81. The molecular weight excluding hydrogens is 362 g/mol. The number of rotatable bonds is 3.